The van der Waals surface area contributed by atoms with Crippen molar-refractivity contribution in [2.45, 2.75) is 18.4 Å². The van der Waals surface area contributed by atoms with Crippen LogP contribution in [0.3, 0.4) is 0 Å². The largest absolute Gasteiger partial charge is 0.490 e. The number of carbonyl (C=O) groups is 1. The fourth-order valence-electron chi connectivity index (χ4n) is 3.83. The van der Waals surface area contributed by atoms with Crippen LogP contribution in [-0.4, -0.2) is 27.1 Å². The minimum absolute atomic E-state index is 0.0466. The van der Waals surface area contributed by atoms with Gasteiger partial charge in [0.2, 0.25) is 0 Å². The van der Waals surface area contributed by atoms with Crippen LogP contribution >= 0.6 is 11.6 Å². The minimum atomic E-state index is -3.90. The zero-order chi connectivity index (χ0) is 28.5. The molecule has 1 N–H and O–H groups in total. The molecule has 204 valence electrons. The van der Waals surface area contributed by atoms with E-state index in [1.807, 2.05) is 19.1 Å². The van der Waals surface area contributed by atoms with E-state index in [0.717, 1.165) is 11.1 Å². The lowest BCUT2D eigenvalue weighted by molar-refractivity contribution is 0.0955. The van der Waals surface area contributed by atoms with Crippen LogP contribution in [0.25, 0.3) is 0 Å². The molecule has 0 saturated carbocycles. The molecule has 0 aliphatic heterocycles. The van der Waals surface area contributed by atoms with Gasteiger partial charge in [0.05, 0.1) is 23.3 Å². The Morgan fingerprint density at radius 1 is 1.00 bits per heavy atom. The molecule has 0 aromatic heterocycles. The first-order valence-electron chi connectivity index (χ1n) is 12.4. The molecule has 0 radical (unpaired) electrons. The van der Waals surface area contributed by atoms with Crippen LogP contribution in [0.4, 0.5) is 5.69 Å². The van der Waals surface area contributed by atoms with E-state index >= 15 is 0 Å². The highest BCUT2D eigenvalue weighted by atomic mass is 35.5. The number of nitrogens with one attached hydrogen (secondary N) is 1. The maximum Gasteiger partial charge on any atom is 0.271 e. The van der Waals surface area contributed by atoms with Crippen molar-refractivity contribution < 1.29 is 17.9 Å². The maximum absolute atomic E-state index is 13.7. The Balaban J connectivity index is 1.49. The maximum atomic E-state index is 13.7. The molecule has 0 fully saturated rings. The van der Waals surface area contributed by atoms with Crippen molar-refractivity contribution in [2.75, 3.05) is 10.9 Å². The first kappa shape index (κ1) is 28.6. The molecule has 0 atom stereocenters. The molecular weight excluding hydrogens is 546 g/mol. The van der Waals surface area contributed by atoms with Crippen LogP contribution in [0, 0.1) is 6.92 Å². The van der Waals surface area contributed by atoms with Crippen molar-refractivity contribution in [2.24, 2.45) is 5.10 Å². The fraction of sp³-hybridized carbons (Fsp3) is 0.0968. The number of anilines is 1. The quantitative estimate of drug-likeness (QED) is 0.128. The van der Waals surface area contributed by atoms with Crippen molar-refractivity contribution in [3.63, 3.8) is 0 Å². The first-order chi connectivity index (χ1) is 19.3. The second-order valence-corrected chi connectivity index (χ2v) is 11.1. The summed E-state index contributed by atoms with van der Waals surface area (Å²) in [4.78, 5) is 12.8. The van der Waals surface area contributed by atoms with E-state index < -0.39 is 15.9 Å². The Morgan fingerprint density at radius 2 is 1.70 bits per heavy atom. The number of halogens is 1. The number of amides is 1. The predicted molar refractivity (Wildman–Crippen MR) is 160 cm³/mol. The van der Waals surface area contributed by atoms with Gasteiger partial charge in [-0.1, -0.05) is 60.7 Å². The first-order valence-corrected chi connectivity index (χ1v) is 14.2. The summed E-state index contributed by atoms with van der Waals surface area (Å²) >= 11 is 6.24. The van der Waals surface area contributed by atoms with E-state index in [9.17, 15) is 13.2 Å². The van der Waals surface area contributed by atoms with Gasteiger partial charge in [0, 0.05) is 10.6 Å². The van der Waals surface area contributed by atoms with E-state index in [4.69, 9.17) is 16.3 Å². The molecule has 0 saturated heterocycles. The van der Waals surface area contributed by atoms with Gasteiger partial charge in [-0.3, -0.25) is 9.10 Å². The Labute approximate surface area is 239 Å². The van der Waals surface area contributed by atoms with Crippen LogP contribution in [0.2, 0.25) is 5.02 Å². The molecule has 0 aliphatic carbocycles. The van der Waals surface area contributed by atoms with Crippen LogP contribution in [-0.2, 0) is 16.6 Å². The van der Waals surface area contributed by atoms with Crippen LogP contribution < -0.4 is 14.5 Å². The normalized spacial score (nSPS) is 11.2. The second kappa shape index (κ2) is 13.1. The number of hydrogen-bond donors (Lipinski definition) is 1. The molecule has 0 aliphatic rings. The third-order valence-corrected chi connectivity index (χ3v) is 7.95. The summed E-state index contributed by atoms with van der Waals surface area (Å²) in [7, 11) is -3.90. The van der Waals surface area contributed by atoms with E-state index in [1.54, 1.807) is 91.0 Å². The lowest BCUT2D eigenvalue weighted by Gasteiger charge is -2.26. The number of ether oxygens (including phenoxy) is 1. The van der Waals surface area contributed by atoms with Crippen molar-refractivity contribution in [3.05, 3.63) is 137 Å². The predicted octanol–water partition coefficient (Wildman–Crippen LogP) is 6.37. The number of sulfonamides is 1. The van der Waals surface area contributed by atoms with Crippen molar-refractivity contribution in [1.29, 1.82) is 0 Å². The molecule has 9 heteroatoms. The summed E-state index contributed by atoms with van der Waals surface area (Å²) in [6.45, 7) is 5.91. The Hall–Kier alpha value is -4.40. The Bertz CT molecular complexity index is 1610. The van der Waals surface area contributed by atoms with Gasteiger partial charge < -0.3 is 4.74 Å². The standard InChI is InChI=1S/C31H28ClN3O4S/c1-3-19-39-28-17-12-24(13-18-28)21-33-34-31(36)26-14-10-25(11-15-26)22-35(30-20-27(32)16-9-23(30)2)40(37,38)29-7-5-4-6-8-29/h3-18,20-21H,1,19,22H2,2H3,(H,34,36)/b33-21-. The minimum Gasteiger partial charge on any atom is -0.490 e. The van der Waals surface area contributed by atoms with Gasteiger partial charge in [-0.15, -0.1) is 0 Å². The van der Waals surface area contributed by atoms with E-state index in [1.165, 1.54) is 10.5 Å². The summed E-state index contributed by atoms with van der Waals surface area (Å²) < 4.78 is 34.1. The zero-order valence-corrected chi connectivity index (χ0v) is 23.4. The number of benzene rings is 4. The zero-order valence-electron chi connectivity index (χ0n) is 21.8. The molecular formula is C31H28ClN3O4S. The number of hydrogen-bond acceptors (Lipinski definition) is 5. The third kappa shape index (κ3) is 7.16. The van der Waals surface area contributed by atoms with Gasteiger partial charge in [-0.25, -0.2) is 13.8 Å². The average Bonchev–Trinajstić information content (AvgIpc) is 2.97. The summed E-state index contributed by atoms with van der Waals surface area (Å²) in [5.41, 5.74) is 5.61. The number of carbonyl (C=O) groups excluding carboxylic acids is 1. The second-order valence-electron chi connectivity index (χ2n) is 8.82. The molecule has 0 heterocycles. The van der Waals surface area contributed by atoms with Gasteiger partial charge in [-0.05, 0) is 84.3 Å². The van der Waals surface area contributed by atoms with Gasteiger partial charge in [-0.2, -0.15) is 5.10 Å². The highest BCUT2D eigenvalue weighted by molar-refractivity contribution is 7.92. The summed E-state index contributed by atoms with van der Waals surface area (Å²) in [5.74, 6) is 0.315. The van der Waals surface area contributed by atoms with Gasteiger partial charge in [0.1, 0.15) is 12.4 Å². The molecule has 7 nitrogen and oxygen atoms in total. The molecule has 0 spiro atoms. The summed E-state index contributed by atoms with van der Waals surface area (Å²) in [5, 5.41) is 4.45. The third-order valence-electron chi connectivity index (χ3n) is 5.94. The number of hydrazone groups is 1. The SMILES string of the molecule is C=CCOc1ccc(/C=N\NC(=O)c2ccc(CN(c3cc(Cl)ccc3C)S(=O)(=O)c3ccccc3)cc2)cc1. The van der Waals surface area contributed by atoms with Gasteiger partial charge >= 0.3 is 0 Å². The van der Waals surface area contributed by atoms with Gasteiger partial charge in [0.25, 0.3) is 15.9 Å². The van der Waals surface area contributed by atoms with Crippen molar-refractivity contribution in [3.8, 4) is 5.75 Å². The van der Waals surface area contributed by atoms with E-state index in [2.05, 4.69) is 17.1 Å². The van der Waals surface area contributed by atoms with Crippen molar-refractivity contribution >= 4 is 39.4 Å². The molecule has 4 aromatic carbocycles. The van der Waals surface area contributed by atoms with Crippen LogP contribution in [0.15, 0.2) is 120 Å². The summed E-state index contributed by atoms with van der Waals surface area (Å²) in [6.07, 6.45) is 3.20. The molecule has 4 aromatic rings. The molecule has 1 amide bonds. The lowest BCUT2D eigenvalue weighted by Crippen LogP contribution is -2.31. The Morgan fingerprint density at radius 3 is 2.38 bits per heavy atom. The molecule has 0 bridgehead atoms. The van der Waals surface area contributed by atoms with Gasteiger partial charge in [0.15, 0.2) is 0 Å². The van der Waals surface area contributed by atoms with E-state index in [-0.39, 0.29) is 11.4 Å². The monoisotopic (exact) mass is 573 g/mol. The Kier molecular flexibility index (Phi) is 9.37. The molecule has 40 heavy (non-hydrogen) atoms. The number of rotatable bonds is 11. The van der Waals surface area contributed by atoms with Crippen molar-refractivity contribution in [1.82, 2.24) is 5.43 Å². The summed E-state index contributed by atoms with van der Waals surface area (Å²) in [6, 6.07) is 27.3. The number of nitrogens with zero attached hydrogens (tertiary/aromatic N) is 2. The smallest absolute Gasteiger partial charge is 0.271 e. The van der Waals surface area contributed by atoms with Crippen LogP contribution in [0.1, 0.15) is 27.0 Å². The molecule has 0 unspecified atom stereocenters. The fourth-order valence-corrected chi connectivity index (χ4v) is 5.53. The molecule has 4 rings (SSSR count). The highest BCUT2D eigenvalue weighted by Gasteiger charge is 2.26. The average molecular weight is 574 g/mol. The lowest BCUT2D eigenvalue weighted by atomic mass is 10.1. The van der Waals surface area contributed by atoms with Crippen LogP contribution in [0.5, 0.6) is 5.75 Å². The van der Waals surface area contributed by atoms with E-state index in [0.29, 0.717) is 34.2 Å². The highest BCUT2D eigenvalue weighted by Crippen LogP contribution is 2.31. The topological polar surface area (TPSA) is 88.1 Å². The number of aryl methyl sites for hydroxylation is 1.